The highest BCUT2D eigenvalue weighted by atomic mass is 19.1. The van der Waals surface area contributed by atoms with Crippen LogP contribution in [0.4, 0.5) is 4.39 Å². The Hall–Kier alpha value is -1.67. The molecule has 2 aromatic carbocycles. The lowest BCUT2D eigenvalue weighted by molar-refractivity contribution is 0.561. The van der Waals surface area contributed by atoms with Crippen LogP contribution in [-0.4, -0.2) is 0 Å². The second-order valence-corrected chi connectivity index (χ2v) is 5.99. The van der Waals surface area contributed by atoms with Crippen molar-refractivity contribution in [1.82, 2.24) is 5.32 Å². The molecule has 1 N–H and O–H groups in total. The smallest absolute Gasteiger partial charge is 0.126 e. The Labute approximate surface area is 127 Å². The van der Waals surface area contributed by atoms with E-state index in [1.165, 1.54) is 22.3 Å². The van der Waals surface area contributed by atoms with E-state index in [0.29, 0.717) is 5.56 Å². The van der Waals surface area contributed by atoms with Crippen LogP contribution >= 0.6 is 0 Å². The minimum absolute atomic E-state index is 0.125. The molecule has 1 nitrogen and oxygen atoms in total. The first-order valence-electron chi connectivity index (χ1n) is 7.44. The molecule has 0 saturated heterocycles. The Morgan fingerprint density at radius 2 is 1.57 bits per heavy atom. The zero-order valence-electron chi connectivity index (χ0n) is 13.5. The molecule has 0 spiro atoms. The van der Waals surface area contributed by atoms with E-state index in [1.807, 2.05) is 12.1 Å². The number of hydrogen-bond donors (Lipinski definition) is 1. The third-order valence-electron chi connectivity index (χ3n) is 4.12. The van der Waals surface area contributed by atoms with Crippen LogP contribution in [0.2, 0.25) is 0 Å². The molecule has 0 aliphatic rings. The standard InChI is InChI=1S/C19H24FN/c1-12-8-14(3)18(15(4)9-12)11-21-16(5)17-7-6-13(2)19(20)10-17/h6-10,16,21H,11H2,1-5H3. The predicted octanol–water partition coefficient (Wildman–Crippen LogP) is 4.91. The highest BCUT2D eigenvalue weighted by molar-refractivity contribution is 5.37. The van der Waals surface area contributed by atoms with Crippen LogP contribution in [0, 0.1) is 33.5 Å². The summed E-state index contributed by atoms with van der Waals surface area (Å²) in [7, 11) is 0. The maximum Gasteiger partial charge on any atom is 0.126 e. The van der Waals surface area contributed by atoms with Gasteiger partial charge in [-0.05, 0) is 68.5 Å². The summed E-state index contributed by atoms with van der Waals surface area (Å²) in [5.41, 5.74) is 6.92. The van der Waals surface area contributed by atoms with Crippen LogP contribution in [0.1, 0.15) is 46.3 Å². The summed E-state index contributed by atoms with van der Waals surface area (Å²) >= 11 is 0. The molecule has 2 heteroatoms. The Balaban J connectivity index is 2.11. The second kappa shape index (κ2) is 6.40. The lowest BCUT2D eigenvalue weighted by Crippen LogP contribution is -2.19. The van der Waals surface area contributed by atoms with Crippen LogP contribution in [0.15, 0.2) is 30.3 Å². The van der Waals surface area contributed by atoms with Crippen LogP contribution in [-0.2, 0) is 6.54 Å². The summed E-state index contributed by atoms with van der Waals surface area (Å²) in [6, 6.07) is 10.00. The number of halogens is 1. The second-order valence-electron chi connectivity index (χ2n) is 5.99. The van der Waals surface area contributed by atoms with Gasteiger partial charge in [0, 0.05) is 12.6 Å². The summed E-state index contributed by atoms with van der Waals surface area (Å²) in [6.45, 7) is 11.1. The quantitative estimate of drug-likeness (QED) is 0.841. The molecule has 2 aromatic rings. The molecule has 0 aliphatic carbocycles. The van der Waals surface area contributed by atoms with Crippen LogP contribution in [0.5, 0.6) is 0 Å². The molecule has 0 saturated carbocycles. The fourth-order valence-electron chi connectivity index (χ4n) is 2.74. The maximum absolute atomic E-state index is 13.6. The SMILES string of the molecule is Cc1cc(C)c(CNC(C)c2ccc(C)c(F)c2)c(C)c1. The van der Waals surface area contributed by atoms with Crippen molar-refractivity contribution in [2.45, 2.75) is 47.2 Å². The molecule has 112 valence electrons. The van der Waals surface area contributed by atoms with E-state index in [-0.39, 0.29) is 11.9 Å². The molecule has 0 heterocycles. The Kier molecular flexibility index (Phi) is 4.79. The lowest BCUT2D eigenvalue weighted by Gasteiger charge is -2.18. The average Bonchev–Trinajstić information content (AvgIpc) is 2.40. The fourth-order valence-corrected chi connectivity index (χ4v) is 2.74. The van der Waals surface area contributed by atoms with Crippen LogP contribution in [0.3, 0.4) is 0 Å². The number of rotatable bonds is 4. The van der Waals surface area contributed by atoms with Gasteiger partial charge in [0.1, 0.15) is 5.82 Å². The van der Waals surface area contributed by atoms with Gasteiger partial charge in [0.25, 0.3) is 0 Å². The topological polar surface area (TPSA) is 12.0 Å². The van der Waals surface area contributed by atoms with E-state index >= 15 is 0 Å². The van der Waals surface area contributed by atoms with E-state index in [4.69, 9.17) is 0 Å². The van der Waals surface area contributed by atoms with Crippen molar-refractivity contribution < 1.29 is 4.39 Å². The third kappa shape index (κ3) is 3.70. The first-order chi connectivity index (χ1) is 9.88. The van der Waals surface area contributed by atoms with E-state index in [2.05, 4.69) is 45.1 Å². The molecule has 1 unspecified atom stereocenters. The molecule has 0 fully saturated rings. The van der Waals surface area contributed by atoms with Crippen LogP contribution in [0.25, 0.3) is 0 Å². The van der Waals surface area contributed by atoms with Crippen molar-refractivity contribution >= 4 is 0 Å². The number of benzene rings is 2. The van der Waals surface area contributed by atoms with Crippen molar-refractivity contribution in [3.8, 4) is 0 Å². The van der Waals surface area contributed by atoms with Gasteiger partial charge in [-0.2, -0.15) is 0 Å². The van der Waals surface area contributed by atoms with Crippen molar-refractivity contribution in [2.24, 2.45) is 0 Å². The fraction of sp³-hybridized carbons (Fsp3) is 0.368. The first-order valence-corrected chi connectivity index (χ1v) is 7.44. The highest BCUT2D eigenvalue weighted by Gasteiger charge is 2.09. The van der Waals surface area contributed by atoms with E-state index in [9.17, 15) is 4.39 Å². The molecule has 0 radical (unpaired) electrons. The van der Waals surface area contributed by atoms with Gasteiger partial charge < -0.3 is 5.32 Å². The monoisotopic (exact) mass is 285 g/mol. The summed E-state index contributed by atoms with van der Waals surface area (Å²) in [5.74, 6) is -0.135. The minimum atomic E-state index is -0.135. The van der Waals surface area contributed by atoms with Gasteiger partial charge in [0.15, 0.2) is 0 Å². The number of nitrogens with one attached hydrogen (secondary N) is 1. The van der Waals surface area contributed by atoms with Gasteiger partial charge in [-0.15, -0.1) is 0 Å². The van der Waals surface area contributed by atoms with Gasteiger partial charge >= 0.3 is 0 Å². The molecule has 21 heavy (non-hydrogen) atoms. The number of hydrogen-bond acceptors (Lipinski definition) is 1. The average molecular weight is 285 g/mol. The molecule has 1 atom stereocenters. The van der Waals surface area contributed by atoms with Crippen LogP contribution < -0.4 is 5.32 Å². The molecule has 0 aliphatic heterocycles. The van der Waals surface area contributed by atoms with Gasteiger partial charge in [-0.3, -0.25) is 0 Å². The molecular weight excluding hydrogens is 261 g/mol. The molecule has 0 amide bonds. The molecule has 0 bridgehead atoms. The maximum atomic E-state index is 13.6. The summed E-state index contributed by atoms with van der Waals surface area (Å²) < 4.78 is 13.6. The molecule has 0 aromatic heterocycles. The molecule has 2 rings (SSSR count). The normalized spacial score (nSPS) is 12.5. The van der Waals surface area contributed by atoms with Gasteiger partial charge in [-0.25, -0.2) is 4.39 Å². The van der Waals surface area contributed by atoms with E-state index < -0.39 is 0 Å². The zero-order chi connectivity index (χ0) is 15.6. The summed E-state index contributed by atoms with van der Waals surface area (Å²) in [5, 5.41) is 3.50. The van der Waals surface area contributed by atoms with E-state index in [1.54, 1.807) is 13.0 Å². The molecular formula is C19H24FN. The van der Waals surface area contributed by atoms with Crippen molar-refractivity contribution in [1.29, 1.82) is 0 Å². The Morgan fingerprint density at radius 3 is 2.14 bits per heavy atom. The van der Waals surface area contributed by atoms with Crippen molar-refractivity contribution in [2.75, 3.05) is 0 Å². The minimum Gasteiger partial charge on any atom is -0.306 e. The summed E-state index contributed by atoms with van der Waals surface area (Å²) in [6.07, 6.45) is 0. The first kappa shape index (κ1) is 15.7. The van der Waals surface area contributed by atoms with E-state index in [0.717, 1.165) is 12.1 Å². The van der Waals surface area contributed by atoms with Crippen molar-refractivity contribution in [3.05, 3.63) is 69.5 Å². The van der Waals surface area contributed by atoms with Gasteiger partial charge in [0.05, 0.1) is 0 Å². The largest absolute Gasteiger partial charge is 0.306 e. The summed E-state index contributed by atoms with van der Waals surface area (Å²) in [4.78, 5) is 0. The number of aryl methyl sites for hydroxylation is 4. The Bertz CT molecular complexity index is 623. The lowest BCUT2D eigenvalue weighted by atomic mass is 9.99. The van der Waals surface area contributed by atoms with Gasteiger partial charge in [0.2, 0.25) is 0 Å². The van der Waals surface area contributed by atoms with Crippen molar-refractivity contribution in [3.63, 3.8) is 0 Å². The van der Waals surface area contributed by atoms with Gasteiger partial charge in [-0.1, -0.05) is 29.8 Å². The predicted molar refractivity (Wildman–Crippen MR) is 87.0 cm³/mol. The highest BCUT2D eigenvalue weighted by Crippen LogP contribution is 2.20. The Morgan fingerprint density at radius 1 is 0.952 bits per heavy atom. The third-order valence-corrected chi connectivity index (χ3v) is 4.12. The zero-order valence-corrected chi connectivity index (χ0v) is 13.5.